The van der Waals surface area contributed by atoms with Crippen LogP contribution in [-0.2, 0) is 18.3 Å². The van der Waals surface area contributed by atoms with Crippen molar-refractivity contribution in [3.8, 4) is 0 Å². The van der Waals surface area contributed by atoms with Crippen molar-refractivity contribution >= 4 is 23.7 Å². The van der Waals surface area contributed by atoms with E-state index in [0.717, 1.165) is 41.8 Å². The summed E-state index contributed by atoms with van der Waals surface area (Å²) in [6.07, 6.45) is 5.75. The van der Waals surface area contributed by atoms with Gasteiger partial charge >= 0.3 is 0 Å². The summed E-state index contributed by atoms with van der Waals surface area (Å²) in [4.78, 5) is 22.2. The minimum absolute atomic E-state index is 0.0608. The van der Waals surface area contributed by atoms with Crippen molar-refractivity contribution in [1.29, 1.82) is 0 Å². The van der Waals surface area contributed by atoms with Crippen molar-refractivity contribution in [3.63, 3.8) is 0 Å². The van der Waals surface area contributed by atoms with E-state index in [-0.39, 0.29) is 30.3 Å². The summed E-state index contributed by atoms with van der Waals surface area (Å²) >= 11 is 0. The van der Waals surface area contributed by atoms with Crippen molar-refractivity contribution in [3.05, 3.63) is 46.4 Å². The number of likely N-dealkylation sites (tertiary alicyclic amines) is 1. The van der Waals surface area contributed by atoms with E-state index < -0.39 is 12.5 Å². The predicted molar refractivity (Wildman–Crippen MR) is 127 cm³/mol. The lowest BCUT2D eigenvalue weighted by Crippen LogP contribution is -2.52. The number of halogens is 2. The number of nitrogens with two attached hydrogens (primary N) is 1. The van der Waals surface area contributed by atoms with Gasteiger partial charge in [0.1, 0.15) is 5.82 Å². The molecular weight excluding hydrogens is 436 g/mol. The van der Waals surface area contributed by atoms with Crippen LogP contribution < -0.4 is 21.3 Å². The van der Waals surface area contributed by atoms with Crippen molar-refractivity contribution in [2.75, 3.05) is 24.5 Å². The van der Waals surface area contributed by atoms with Gasteiger partial charge in [-0.2, -0.15) is 0 Å². The minimum Gasteiger partial charge on any atom is -0.360 e. The van der Waals surface area contributed by atoms with Crippen LogP contribution in [0.4, 0.5) is 14.5 Å². The Balaban J connectivity index is 1.32. The highest BCUT2D eigenvalue weighted by Crippen LogP contribution is 2.42. The fourth-order valence-corrected chi connectivity index (χ4v) is 5.91. The van der Waals surface area contributed by atoms with Gasteiger partial charge in [0.2, 0.25) is 5.91 Å². The van der Waals surface area contributed by atoms with Crippen LogP contribution in [0, 0.1) is 17.8 Å². The molecule has 34 heavy (non-hydrogen) atoms. The Labute approximate surface area is 197 Å². The fourth-order valence-electron chi connectivity index (χ4n) is 5.91. The van der Waals surface area contributed by atoms with Gasteiger partial charge in [0.15, 0.2) is 0 Å². The van der Waals surface area contributed by atoms with E-state index in [9.17, 15) is 13.6 Å². The molecule has 8 heteroatoms. The smallest absolute Gasteiger partial charge is 0.255 e. The lowest BCUT2D eigenvalue weighted by Gasteiger charge is -2.37. The fraction of sp³-hybridized carbons (Fsp3) is 0.538. The normalized spacial score (nSPS) is 26.6. The molecule has 0 spiro atoms. The van der Waals surface area contributed by atoms with Crippen LogP contribution in [0.15, 0.2) is 24.3 Å². The molecule has 2 fully saturated rings. The Morgan fingerprint density at radius 2 is 1.97 bits per heavy atom. The molecule has 2 aliphatic carbocycles. The van der Waals surface area contributed by atoms with Gasteiger partial charge in [-0.15, -0.1) is 0 Å². The minimum atomic E-state index is -2.63. The molecule has 3 heterocycles. The van der Waals surface area contributed by atoms with E-state index in [0.29, 0.717) is 6.54 Å². The second kappa shape index (κ2) is 8.18. The van der Waals surface area contributed by atoms with E-state index in [1.54, 1.807) is 0 Å². The number of imidazole rings is 1. The summed E-state index contributed by atoms with van der Waals surface area (Å²) in [6.45, 7) is 1.40. The molecule has 2 aromatic rings. The molecule has 1 saturated heterocycles. The quantitative estimate of drug-likeness (QED) is 0.701. The van der Waals surface area contributed by atoms with Crippen LogP contribution in [0.2, 0.25) is 0 Å². The molecule has 0 radical (unpaired) electrons. The lowest BCUT2D eigenvalue weighted by atomic mass is 9.82. The van der Waals surface area contributed by atoms with Crippen molar-refractivity contribution in [2.24, 2.45) is 30.5 Å². The summed E-state index contributed by atoms with van der Waals surface area (Å²) in [5, 5.41) is 1.89. The molecule has 1 amide bonds. The van der Waals surface area contributed by atoms with Crippen molar-refractivity contribution in [1.82, 2.24) is 14.5 Å². The van der Waals surface area contributed by atoms with E-state index >= 15 is 0 Å². The number of piperidine rings is 1. The van der Waals surface area contributed by atoms with Gasteiger partial charge in [0.25, 0.3) is 6.43 Å². The Morgan fingerprint density at radius 1 is 1.18 bits per heavy atom. The van der Waals surface area contributed by atoms with Crippen molar-refractivity contribution < 1.29 is 13.6 Å². The lowest BCUT2D eigenvalue weighted by molar-refractivity contribution is -0.138. The number of hydrogen-bond donors (Lipinski definition) is 1. The zero-order valence-electron chi connectivity index (χ0n) is 19.4. The molecule has 1 aromatic carbocycles. The van der Waals surface area contributed by atoms with Gasteiger partial charge in [-0.25, -0.2) is 13.8 Å². The van der Waals surface area contributed by atoms with Gasteiger partial charge < -0.3 is 20.1 Å². The van der Waals surface area contributed by atoms with Gasteiger partial charge in [0, 0.05) is 38.8 Å². The topological polar surface area (TPSA) is 67.4 Å². The molecule has 2 aliphatic heterocycles. The van der Waals surface area contributed by atoms with E-state index in [1.807, 2.05) is 6.08 Å². The molecule has 180 valence electrons. The molecule has 6 rings (SSSR count). The molecule has 1 aromatic heterocycles. The highest BCUT2D eigenvalue weighted by Gasteiger charge is 2.39. The average Bonchev–Trinajstić information content (AvgIpc) is 3.50. The van der Waals surface area contributed by atoms with Gasteiger partial charge in [-0.1, -0.05) is 24.3 Å². The number of alkyl halides is 2. The number of anilines is 1. The number of carbonyl (C=O) groups is 1. The highest BCUT2D eigenvalue weighted by molar-refractivity contribution is 5.87. The zero-order valence-corrected chi connectivity index (χ0v) is 19.4. The third kappa shape index (κ3) is 3.63. The highest BCUT2D eigenvalue weighted by atomic mass is 19.3. The second-order valence-electron chi connectivity index (χ2n) is 10.3. The molecule has 4 atom stereocenters. The largest absolute Gasteiger partial charge is 0.360 e. The van der Waals surface area contributed by atoms with Crippen LogP contribution >= 0.6 is 0 Å². The first-order chi connectivity index (χ1) is 16.4. The van der Waals surface area contributed by atoms with E-state index in [1.165, 1.54) is 29.0 Å². The first-order valence-electron chi connectivity index (χ1n) is 12.3. The molecule has 4 aliphatic rings. The number of nitrogens with zero attached hydrogens (tertiary/aromatic N) is 4. The third-order valence-corrected chi connectivity index (χ3v) is 8.00. The van der Waals surface area contributed by atoms with Crippen LogP contribution in [0.1, 0.15) is 36.7 Å². The molecule has 1 saturated carbocycles. The first kappa shape index (κ1) is 21.8. The Kier molecular flexibility index (Phi) is 5.24. The number of rotatable bonds is 6. The van der Waals surface area contributed by atoms with Gasteiger partial charge in [-0.05, 0) is 48.8 Å². The molecular formula is C26H31F2N5O. The number of para-hydroxylation sites is 1. The summed E-state index contributed by atoms with van der Waals surface area (Å²) in [7, 11) is 2.07. The summed E-state index contributed by atoms with van der Waals surface area (Å²) < 4.78 is 28.1. The molecule has 3 unspecified atom stereocenters. The Bertz CT molecular complexity index is 1240. The first-order valence-corrected chi connectivity index (χ1v) is 12.3. The standard InChI is InChI=1S/C26H31F2N5O/c1-31-22-10-16-8-9-32(14-19(29)24(27)28)26(34)18(16)12-20(22)30-25(31)23-11-17-4-2-3-5-21(17)33(23)13-15-6-7-15/h2-5,10,12,15-16,18-19,23-24H,6-9,11,13-14,29H2,1H3/t16?,18?,19-,23?/m0/s1. The Morgan fingerprint density at radius 3 is 2.74 bits per heavy atom. The van der Waals surface area contributed by atoms with Crippen LogP contribution in [0.5, 0.6) is 0 Å². The SMILES string of the molecule is Cn1c(C2Cc3ccccc3N2CC2CC2)nc2c1=CC1CCN(C[C@H](N)C(F)F)C(=O)C1C=2. The number of aromatic nitrogens is 2. The maximum absolute atomic E-state index is 13.1. The maximum Gasteiger partial charge on any atom is 0.255 e. The zero-order chi connectivity index (χ0) is 23.6. The summed E-state index contributed by atoms with van der Waals surface area (Å²) in [5.41, 5.74) is 8.22. The molecule has 6 nitrogen and oxygen atoms in total. The third-order valence-electron chi connectivity index (χ3n) is 8.00. The number of hydrogen-bond acceptors (Lipinski definition) is 4. The second-order valence-corrected chi connectivity index (χ2v) is 10.3. The average molecular weight is 468 g/mol. The maximum atomic E-state index is 13.1. The van der Waals surface area contributed by atoms with Crippen LogP contribution in [0.3, 0.4) is 0 Å². The predicted octanol–water partition coefficient (Wildman–Crippen LogP) is 1.57. The van der Waals surface area contributed by atoms with Crippen molar-refractivity contribution in [2.45, 2.75) is 44.2 Å². The van der Waals surface area contributed by atoms with Crippen LogP contribution in [-0.4, -0.2) is 52.5 Å². The molecule has 2 N–H and O–H groups in total. The molecule has 0 bridgehead atoms. The van der Waals surface area contributed by atoms with E-state index in [4.69, 9.17) is 10.7 Å². The number of amides is 1. The summed E-state index contributed by atoms with van der Waals surface area (Å²) in [5.74, 6) is 1.36. The number of fused-ring (bicyclic) bond motifs is 3. The monoisotopic (exact) mass is 467 g/mol. The van der Waals surface area contributed by atoms with Crippen LogP contribution in [0.25, 0.3) is 12.2 Å². The van der Waals surface area contributed by atoms with Gasteiger partial charge in [0.05, 0.1) is 28.7 Å². The number of carbonyl (C=O) groups excluding carboxylic acids is 1. The number of benzene rings is 1. The summed E-state index contributed by atoms with van der Waals surface area (Å²) in [6, 6.07) is 7.49. The van der Waals surface area contributed by atoms with Gasteiger partial charge in [-0.3, -0.25) is 4.79 Å². The Hall–Kier alpha value is -2.74. The van der Waals surface area contributed by atoms with E-state index in [2.05, 4.69) is 46.9 Å².